The predicted molar refractivity (Wildman–Crippen MR) is 86.5 cm³/mol. The summed E-state index contributed by atoms with van der Waals surface area (Å²) in [4.78, 5) is 0. The van der Waals surface area contributed by atoms with E-state index >= 15 is 0 Å². The lowest BCUT2D eigenvalue weighted by Gasteiger charge is -2.12. The average molecular weight is 479 g/mol. The van der Waals surface area contributed by atoms with Gasteiger partial charge in [-0.3, -0.25) is 0 Å². The maximum atomic E-state index is 12.7. The third kappa shape index (κ3) is 3.05. The molecule has 0 bridgehead atoms. The Kier molecular flexibility index (Phi) is 4.07. The van der Waals surface area contributed by atoms with Crippen LogP contribution in [0.5, 0.6) is 0 Å². The number of aromatic nitrogens is 2. The van der Waals surface area contributed by atoms with E-state index in [-0.39, 0.29) is 24.9 Å². The molecule has 0 saturated heterocycles. The van der Waals surface area contributed by atoms with Gasteiger partial charge < -0.3 is 0 Å². The van der Waals surface area contributed by atoms with Gasteiger partial charge in [-0.15, -0.1) is 0 Å². The Bertz CT molecular complexity index is 720. The summed E-state index contributed by atoms with van der Waals surface area (Å²) >= 11 is 19.0. The van der Waals surface area contributed by atoms with E-state index in [1.807, 2.05) is 0 Å². The van der Waals surface area contributed by atoms with Gasteiger partial charge in [-0.25, -0.2) is 4.68 Å². The minimum Gasteiger partial charge on any atom is -0.238 e. The van der Waals surface area contributed by atoms with Crippen LogP contribution in [0.3, 0.4) is 0 Å². The van der Waals surface area contributed by atoms with E-state index < -0.39 is 11.7 Å². The number of halogens is 7. The van der Waals surface area contributed by atoms with Crippen molar-refractivity contribution in [3.8, 4) is 5.69 Å². The van der Waals surface area contributed by atoms with Gasteiger partial charge in [-0.1, -0.05) is 55.1 Å². The molecule has 1 aliphatic carbocycles. The Morgan fingerprint density at radius 2 is 1.77 bits per heavy atom. The summed E-state index contributed by atoms with van der Waals surface area (Å²) < 4.78 is 39.5. The molecule has 1 aromatic heterocycles. The number of hydrogen-bond donors (Lipinski definition) is 0. The summed E-state index contributed by atoms with van der Waals surface area (Å²) in [6.45, 7) is 0. The maximum absolute atomic E-state index is 12.7. The van der Waals surface area contributed by atoms with Crippen molar-refractivity contribution in [3.05, 3.63) is 45.7 Å². The lowest BCUT2D eigenvalue weighted by Crippen LogP contribution is -2.06. The zero-order valence-electron chi connectivity index (χ0n) is 10.6. The lowest BCUT2D eigenvalue weighted by molar-refractivity contribution is -0.137. The molecular formula is C13H7Br2Cl2F3N2. The van der Waals surface area contributed by atoms with Crippen LogP contribution in [0.2, 0.25) is 10.0 Å². The molecule has 1 unspecified atom stereocenters. The standard InChI is InChI=1S/C13H7Br2Cl2F3N2/c14-12(15)3-8(12)6-4-21-22(5-6)11-9(16)1-7(2-10(11)17)13(18,19)20/h1-2,4-5,8H,3H2. The van der Waals surface area contributed by atoms with Gasteiger partial charge in [0, 0.05) is 12.1 Å². The molecule has 0 amide bonds. The third-order valence-electron chi connectivity index (χ3n) is 3.40. The smallest absolute Gasteiger partial charge is 0.238 e. The second-order valence-corrected chi connectivity index (χ2v) is 9.73. The normalized spacial score (nSPS) is 20.2. The number of rotatable bonds is 2. The number of alkyl halides is 5. The van der Waals surface area contributed by atoms with Gasteiger partial charge >= 0.3 is 6.18 Å². The van der Waals surface area contributed by atoms with Crippen LogP contribution in [0.15, 0.2) is 24.5 Å². The molecular weight excluding hydrogens is 472 g/mol. The minimum absolute atomic E-state index is 0.103. The molecule has 2 aromatic rings. The molecule has 0 N–H and O–H groups in total. The topological polar surface area (TPSA) is 17.8 Å². The van der Waals surface area contributed by atoms with Gasteiger partial charge in [0.05, 0.1) is 25.0 Å². The fraction of sp³-hybridized carbons (Fsp3) is 0.308. The Morgan fingerprint density at radius 1 is 1.23 bits per heavy atom. The Hall–Kier alpha value is -0.240. The number of benzene rings is 1. The SMILES string of the molecule is FC(F)(F)c1cc(Cl)c(-n2cc(C3CC3(Br)Br)cn2)c(Cl)c1. The fourth-order valence-corrected chi connectivity index (χ4v) is 4.00. The first-order valence-corrected chi connectivity index (χ1v) is 8.43. The summed E-state index contributed by atoms with van der Waals surface area (Å²) in [5, 5.41) is 3.95. The van der Waals surface area contributed by atoms with Crippen LogP contribution in [0.25, 0.3) is 5.69 Å². The molecule has 1 atom stereocenters. The van der Waals surface area contributed by atoms with Gasteiger partial charge in [0.15, 0.2) is 0 Å². The molecule has 0 aliphatic heterocycles. The van der Waals surface area contributed by atoms with Gasteiger partial charge in [0.1, 0.15) is 5.69 Å². The molecule has 9 heteroatoms. The first-order chi connectivity index (χ1) is 10.1. The minimum atomic E-state index is -4.50. The predicted octanol–water partition coefficient (Wildman–Crippen LogP) is 6.17. The fourth-order valence-electron chi connectivity index (χ4n) is 2.16. The van der Waals surface area contributed by atoms with Gasteiger partial charge in [-0.2, -0.15) is 18.3 Å². The zero-order chi connectivity index (χ0) is 16.3. The summed E-state index contributed by atoms with van der Waals surface area (Å²) in [5.41, 5.74) is 0.291. The molecule has 1 fully saturated rings. The second-order valence-electron chi connectivity index (χ2n) is 5.02. The van der Waals surface area contributed by atoms with Crippen LogP contribution in [0.1, 0.15) is 23.5 Å². The molecule has 2 nitrogen and oxygen atoms in total. The molecule has 1 heterocycles. The van der Waals surface area contributed by atoms with E-state index in [1.54, 1.807) is 12.4 Å². The first-order valence-electron chi connectivity index (χ1n) is 6.08. The molecule has 1 saturated carbocycles. The van der Waals surface area contributed by atoms with E-state index in [4.69, 9.17) is 23.2 Å². The van der Waals surface area contributed by atoms with E-state index in [0.717, 1.165) is 24.1 Å². The van der Waals surface area contributed by atoms with Gasteiger partial charge in [0.25, 0.3) is 0 Å². The van der Waals surface area contributed by atoms with Crippen LogP contribution in [-0.4, -0.2) is 13.0 Å². The molecule has 0 spiro atoms. The van der Waals surface area contributed by atoms with Crippen molar-refractivity contribution in [1.82, 2.24) is 9.78 Å². The average Bonchev–Trinajstić information content (AvgIpc) is 2.82. The van der Waals surface area contributed by atoms with E-state index in [2.05, 4.69) is 37.0 Å². The molecule has 3 rings (SSSR count). The van der Waals surface area contributed by atoms with E-state index in [0.29, 0.717) is 0 Å². The summed E-state index contributed by atoms with van der Waals surface area (Å²) in [5.74, 6) is 0.244. The van der Waals surface area contributed by atoms with Crippen molar-refractivity contribution in [3.63, 3.8) is 0 Å². The van der Waals surface area contributed by atoms with Crippen molar-refractivity contribution in [1.29, 1.82) is 0 Å². The molecule has 1 aliphatic rings. The zero-order valence-corrected chi connectivity index (χ0v) is 15.3. The van der Waals surface area contributed by atoms with Crippen LogP contribution in [0, 0.1) is 0 Å². The number of nitrogens with zero attached hydrogens (tertiary/aromatic N) is 2. The van der Waals surface area contributed by atoms with Gasteiger partial charge in [-0.05, 0) is 24.1 Å². The highest BCUT2D eigenvalue weighted by molar-refractivity contribution is 9.25. The molecule has 22 heavy (non-hydrogen) atoms. The molecule has 118 valence electrons. The maximum Gasteiger partial charge on any atom is 0.416 e. The Balaban J connectivity index is 1.99. The third-order valence-corrected chi connectivity index (χ3v) is 5.73. The van der Waals surface area contributed by atoms with Crippen LogP contribution < -0.4 is 0 Å². The lowest BCUT2D eigenvalue weighted by atomic mass is 10.2. The Morgan fingerprint density at radius 3 is 2.23 bits per heavy atom. The largest absolute Gasteiger partial charge is 0.416 e. The molecule has 1 aromatic carbocycles. The summed E-state index contributed by atoms with van der Waals surface area (Å²) in [6, 6.07) is 1.70. The monoisotopic (exact) mass is 476 g/mol. The first kappa shape index (κ1) is 16.6. The quantitative estimate of drug-likeness (QED) is 0.472. The van der Waals surface area contributed by atoms with E-state index in [1.165, 1.54) is 4.68 Å². The number of hydrogen-bond acceptors (Lipinski definition) is 1. The van der Waals surface area contributed by atoms with Crippen LogP contribution >= 0.6 is 55.1 Å². The highest BCUT2D eigenvalue weighted by Crippen LogP contribution is 2.62. The summed E-state index contributed by atoms with van der Waals surface area (Å²) in [6.07, 6.45) is -0.234. The summed E-state index contributed by atoms with van der Waals surface area (Å²) in [7, 11) is 0. The van der Waals surface area contributed by atoms with E-state index in [9.17, 15) is 13.2 Å². The molecule has 0 radical (unpaired) electrons. The van der Waals surface area contributed by atoms with Crippen LogP contribution in [0.4, 0.5) is 13.2 Å². The van der Waals surface area contributed by atoms with Crippen molar-refractivity contribution < 1.29 is 13.2 Å². The van der Waals surface area contributed by atoms with Crippen molar-refractivity contribution in [2.45, 2.75) is 21.7 Å². The highest BCUT2D eigenvalue weighted by atomic mass is 79.9. The van der Waals surface area contributed by atoms with Crippen molar-refractivity contribution in [2.75, 3.05) is 0 Å². The van der Waals surface area contributed by atoms with Crippen molar-refractivity contribution in [2.24, 2.45) is 0 Å². The second kappa shape index (κ2) is 5.40. The Labute approximate surface area is 150 Å². The van der Waals surface area contributed by atoms with Crippen LogP contribution in [-0.2, 0) is 6.18 Å². The van der Waals surface area contributed by atoms with Gasteiger partial charge in [0.2, 0.25) is 0 Å². The van der Waals surface area contributed by atoms with Crippen molar-refractivity contribution >= 4 is 55.1 Å². The highest BCUT2D eigenvalue weighted by Gasteiger charge is 2.51.